The van der Waals surface area contributed by atoms with Crippen molar-refractivity contribution in [1.29, 1.82) is 0 Å². The number of thiophene rings is 1. The molecular weight excluding hydrogens is 490 g/mol. The number of rotatable bonds is 8. The molecule has 4 rings (SSSR count). The van der Waals surface area contributed by atoms with Crippen molar-refractivity contribution in [2.45, 2.75) is 43.0 Å². The topological polar surface area (TPSA) is 78.5 Å². The minimum atomic E-state index is -3.55. The van der Waals surface area contributed by atoms with Crippen molar-refractivity contribution < 1.29 is 13.2 Å². The minimum absolute atomic E-state index is 0.228. The molecule has 180 valence electrons. The van der Waals surface area contributed by atoms with Gasteiger partial charge in [0.05, 0.1) is 6.54 Å². The SMILES string of the molecule is CCc1cccc(NC2CCN(S(=O)(=O)c3ccc(CNC(=O)c4ccc(Cl)cc4)s3)CC2)c1. The van der Waals surface area contributed by atoms with Gasteiger partial charge >= 0.3 is 0 Å². The van der Waals surface area contributed by atoms with Crippen LogP contribution in [0.5, 0.6) is 0 Å². The van der Waals surface area contributed by atoms with Gasteiger partial charge in [-0.2, -0.15) is 4.31 Å². The number of carbonyl (C=O) groups excluding carboxylic acids is 1. The lowest BCUT2D eigenvalue weighted by Crippen LogP contribution is -2.42. The lowest BCUT2D eigenvalue weighted by molar-refractivity contribution is 0.0951. The van der Waals surface area contributed by atoms with Crippen LogP contribution in [0.4, 0.5) is 5.69 Å². The van der Waals surface area contributed by atoms with E-state index in [1.807, 2.05) is 6.07 Å². The summed E-state index contributed by atoms with van der Waals surface area (Å²) >= 11 is 7.06. The maximum absolute atomic E-state index is 13.2. The summed E-state index contributed by atoms with van der Waals surface area (Å²) in [6.45, 7) is 3.36. The quantitative estimate of drug-likeness (QED) is 0.432. The Balaban J connectivity index is 1.31. The van der Waals surface area contributed by atoms with Gasteiger partial charge < -0.3 is 10.6 Å². The number of hydrogen-bond acceptors (Lipinski definition) is 5. The molecule has 2 aromatic carbocycles. The van der Waals surface area contributed by atoms with E-state index in [2.05, 4.69) is 35.8 Å². The van der Waals surface area contributed by atoms with Crippen LogP contribution in [0.25, 0.3) is 0 Å². The molecule has 2 heterocycles. The van der Waals surface area contributed by atoms with Crippen LogP contribution in [-0.2, 0) is 23.0 Å². The van der Waals surface area contributed by atoms with Crippen molar-refractivity contribution >= 4 is 44.6 Å². The van der Waals surface area contributed by atoms with Crippen LogP contribution in [0.1, 0.15) is 40.6 Å². The standard InChI is InChI=1S/C25H28ClN3O3S2/c1-2-18-4-3-5-22(16-18)28-21-12-14-29(15-13-21)34(31,32)24-11-10-23(33-24)17-27-25(30)19-6-8-20(26)9-7-19/h3-11,16,21,28H,2,12-15,17H2,1H3,(H,27,30). The molecule has 0 radical (unpaired) electrons. The number of piperidine rings is 1. The molecule has 6 nitrogen and oxygen atoms in total. The van der Waals surface area contributed by atoms with Gasteiger partial charge in [0.25, 0.3) is 15.9 Å². The highest BCUT2D eigenvalue weighted by atomic mass is 35.5. The van der Waals surface area contributed by atoms with Gasteiger partial charge in [0, 0.05) is 40.3 Å². The summed E-state index contributed by atoms with van der Waals surface area (Å²) in [5.41, 5.74) is 2.87. The molecule has 1 fully saturated rings. The number of carbonyl (C=O) groups is 1. The van der Waals surface area contributed by atoms with Crippen molar-refractivity contribution in [3.63, 3.8) is 0 Å². The Labute approximate surface area is 210 Å². The van der Waals surface area contributed by atoms with E-state index in [0.29, 0.717) is 27.9 Å². The van der Waals surface area contributed by atoms with Crippen LogP contribution in [0, 0.1) is 0 Å². The molecule has 0 unspecified atom stereocenters. The maximum atomic E-state index is 13.2. The van der Waals surface area contributed by atoms with E-state index >= 15 is 0 Å². The third-order valence-electron chi connectivity index (χ3n) is 5.92. The summed E-state index contributed by atoms with van der Waals surface area (Å²) in [5.74, 6) is -0.228. The predicted octanol–water partition coefficient (Wildman–Crippen LogP) is 5.16. The van der Waals surface area contributed by atoms with Gasteiger partial charge in [0.2, 0.25) is 0 Å². The Kier molecular flexibility index (Phi) is 7.93. The van der Waals surface area contributed by atoms with E-state index < -0.39 is 10.0 Å². The first-order valence-corrected chi connectivity index (χ1v) is 14.0. The second-order valence-corrected chi connectivity index (χ2v) is 12.1. The first-order chi connectivity index (χ1) is 16.3. The number of sulfonamides is 1. The molecule has 0 spiro atoms. The van der Waals surface area contributed by atoms with E-state index in [1.54, 1.807) is 40.7 Å². The van der Waals surface area contributed by atoms with Crippen LogP contribution in [0.15, 0.2) is 64.9 Å². The average molecular weight is 518 g/mol. The Hall–Kier alpha value is -2.39. The summed E-state index contributed by atoms with van der Waals surface area (Å²) < 4.78 is 28.2. The fourth-order valence-electron chi connectivity index (χ4n) is 3.95. The Morgan fingerprint density at radius 2 is 1.82 bits per heavy atom. The van der Waals surface area contributed by atoms with Crippen molar-refractivity contribution in [3.8, 4) is 0 Å². The summed E-state index contributed by atoms with van der Waals surface area (Å²) in [6, 6.07) is 18.6. The molecule has 1 amide bonds. The molecule has 1 aromatic heterocycles. The number of nitrogens with one attached hydrogen (secondary N) is 2. The van der Waals surface area contributed by atoms with Crippen LogP contribution in [0.3, 0.4) is 0 Å². The van der Waals surface area contributed by atoms with E-state index in [1.165, 1.54) is 16.9 Å². The van der Waals surface area contributed by atoms with Gasteiger partial charge in [-0.1, -0.05) is 30.7 Å². The Morgan fingerprint density at radius 3 is 2.53 bits per heavy atom. The van der Waals surface area contributed by atoms with Gasteiger partial charge in [0.15, 0.2) is 0 Å². The molecule has 0 bridgehead atoms. The third kappa shape index (κ3) is 5.99. The monoisotopic (exact) mass is 517 g/mol. The van der Waals surface area contributed by atoms with Gasteiger partial charge in [-0.05, 0) is 73.4 Å². The molecule has 1 saturated heterocycles. The summed E-state index contributed by atoms with van der Waals surface area (Å²) in [4.78, 5) is 13.1. The molecular formula is C25H28ClN3O3S2. The van der Waals surface area contributed by atoms with Gasteiger partial charge in [-0.3, -0.25) is 4.79 Å². The van der Waals surface area contributed by atoms with Crippen LogP contribution >= 0.6 is 22.9 Å². The number of nitrogens with zero attached hydrogens (tertiary/aromatic N) is 1. The van der Waals surface area contributed by atoms with Crippen molar-refractivity contribution in [3.05, 3.63) is 81.7 Å². The van der Waals surface area contributed by atoms with Crippen LogP contribution < -0.4 is 10.6 Å². The fourth-order valence-corrected chi connectivity index (χ4v) is 6.99. The number of halogens is 1. The highest BCUT2D eigenvalue weighted by Crippen LogP contribution is 2.28. The average Bonchev–Trinajstić information content (AvgIpc) is 3.33. The number of aryl methyl sites for hydroxylation is 1. The summed E-state index contributed by atoms with van der Waals surface area (Å²) in [5, 5.41) is 6.94. The molecule has 0 atom stereocenters. The van der Waals surface area contributed by atoms with Crippen LogP contribution in [0.2, 0.25) is 5.02 Å². The van der Waals surface area contributed by atoms with Crippen LogP contribution in [-0.4, -0.2) is 37.8 Å². The van der Waals surface area contributed by atoms with E-state index in [9.17, 15) is 13.2 Å². The first-order valence-electron chi connectivity index (χ1n) is 11.3. The molecule has 9 heteroatoms. The zero-order valence-electron chi connectivity index (χ0n) is 19.0. The number of amides is 1. The van der Waals surface area contributed by atoms with Crippen molar-refractivity contribution in [1.82, 2.24) is 9.62 Å². The number of anilines is 1. The number of hydrogen-bond donors (Lipinski definition) is 2. The molecule has 1 aliphatic rings. The molecule has 0 saturated carbocycles. The molecule has 2 N–H and O–H groups in total. The lowest BCUT2D eigenvalue weighted by Gasteiger charge is -2.31. The zero-order chi connectivity index (χ0) is 24.1. The normalized spacial score (nSPS) is 15.2. The highest BCUT2D eigenvalue weighted by Gasteiger charge is 2.30. The van der Waals surface area contributed by atoms with E-state index in [-0.39, 0.29) is 18.5 Å². The largest absolute Gasteiger partial charge is 0.382 e. The first kappa shape index (κ1) is 24.7. The Bertz CT molecular complexity index is 1230. The van der Waals surface area contributed by atoms with Crippen molar-refractivity contribution in [2.75, 3.05) is 18.4 Å². The van der Waals surface area contributed by atoms with E-state index in [0.717, 1.165) is 29.8 Å². The minimum Gasteiger partial charge on any atom is -0.382 e. The fraction of sp³-hybridized carbons (Fsp3) is 0.320. The maximum Gasteiger partial charge on any atom is 0.252 e. The summed E-state index contributed by atoms with van der Waals surface area (Å²) in [7, 11) is -3.55. The lowest BCUT2D eigenvalue weighted by atomic mass is 10.1. The number of benzene rings is 2. The second kappa shape index (κ2) is 10.9. The molecule has 0 aliphatic carbocycles. The third-order valence-corrected chi connectivity index (χ3v) is 9.62. The van der Waals surface area contributed by atoms with E-state index in [4.69, 9.17) is 11.6 Å². The van der Waals surface area contributed by atoms with Crippen molar-refractivity contribution in [2.24, 2.45) is 0 Å². The zero-order valence-corrected chi connectivity index (χ0v) is 21.3. The van der Waals surface area contributed by atoms with Gasteiger partial charge in [-0.15, -0.1) is 11.3 Å². The molecule has 34 heavy (non-hydrogen) atoms. The smallest absolute Gasteiger partial charge is 0.252 e. The molecule has 3 aromatic rings. The highest BCUT2D eigenvalue weighted by molar-refractivity contribution is 7.91. The molecule has 1 aliphatic heterocycles. The predicted molar refractivity (Wildman–Crippen MR) is 138 cm³/mol. The summed E-state index contributed by atoms with van der Waals surface area (Å²) in [6.07, 6.45) is 2.50. The van der Waals surface area contributed by atoms with Gasteiger partial charge in [-0.25, -0.2) is 8.42 Å². The second-order valence-electron chi connectivity index (χ2n) is 8.29. The Morgan fingerprint density at radius 1 is 1.09 bits per heavy atom. The van der Waals surface area contributed by atoms with Gasteiger partial charge in [0.1, 0.15) is 4.21 Å².